The Bertz CT molecular complexity index is 486. The second-order valence-electron chi connectivity index (χ2n) is 4.71. The molecule has 2 rings (SSSR count). The van der Waals surface area contributed by atoms with E-state index in [0.717, 1.165) is 38.7 Å². The fourth-order valence-corrected chi connectivity index (χ4v) is 3.17. The quantitative estimate of drug-likeness (QED) is 0.488. The Balaban J connectivity index is 1.78. The van der Waals surface area contributed by atoms with Crippen LogP contribution in [0.5, 0.6) is 0 Å². The summed E-state index contributed by atoms with van der Waals surface area (Å²) in [7, 11) is 0. The molecule has 2 N–H and O–H groups in total. The van der Waals surface area contributed by atoms with Crippen molar-refractivity contribution in [2.75, 3.05) is 32.7 Å². The van der Waals surface area contributed by atoms with Crippen LogP contribution < -0.4 is 10.6 Å². The Labute approximate surface area is 125 Å². The molecule has 0 radical (unpaired) electrons. The summed E-state index contributed by atoms with van der Waals surface area (Å²) in [6, 6.07) is 2.24. The smallest absolute Gasteiger partial charge is 0.192 e. The van der Waals surface area contributed by atoms with Crippen LogP contribution in [0.25, 0.3) is 0 Å². The first-order valence-electron chi connectivity index (χ1n) is 7.06. The van der Waals surface area contributed by atoms with Gasteiger partial charge in [-0.3, -0.25) is 9.89 Å². The van der Waals surface area contributed by atoms with Gasteiger partial charge in [0.15, 0.2) is 5.96 Å². The lowest BCUT2D eigenvalue weighted by molar-refractivity contribution is 0.263. The molecular formula is C15H22N4S. The van der Waals surface area contributed by atoms with E-state index < -0.39 is 0 Å². The summed E-state index contributed by atoms with van der Waals surface area (Å²) in [4.78, 5) is 8.56. The molecule has 0 bridgehead atoms. The summed E-state index contributed by atoms with van der Waals surface area (Å²) in [5.41, 5.74) is 1.49. The van der Waals surface area contributed by atoms with E-state index in [1.807, 2.05) is 11.3 Å². The largest absolute Gasteiger partial charge is 0.357 e. The molecule has 1 aromatic heterocycles. The SMILES string of the molecule is C#CCNC(=NCCN1CCc2sccc2C1)NCC. The molecule has 0 saturated heterocycles. The molecule has 0 unspecified atom stereocenters. The topological polar surface area (TPSA) is 39.7 Å². The van der Waals surface area contributed by atoms with E-state index in [-0.39, 0.29) is 0 Å². The molecule has 1 aliphatic heterocycles. The molecule has 0 saturated carbocycles. The van der Waals surface area contributed by atoms with Gasteiger partial charge in [0.2, 0.25) is 0 Å². The van der Waals surface area contributed by atoms with Gasteiger partial charge >= 0.3 is 0 Å². The molecule has 0 aliphatic carbocycles. The van der Waals surface area contributed by atoms with Gasteiger partial charge in [0.25, 0.3) is 0 Å². The first kappa shape index (κ1) is 14.9. The number of aliphatic imine (C=N–C) groups is 1. The third-order valence-electron chi connectivity index (χ3n) is 3.27. The fourth-order valence-electron chi connectivity index (χ4n) is 2.28. The molecule has 0 amide bonds. The summed E-state index contributed by atoms with van der Waals surface area (Å²) in [6.07, 6.45) is 6.42. The monoisotopic (exact) mass is 290 g/mol. The summed E-state index contributed by atoms with van der Waals surface area (Å²) < 4.78 is 0. The Morgan fingerprint density at radius 2 is 2.45 bits per heavy atom. The number of terminal acetylenes is 1. The van der Waals surface area contributed by atoms with Crippen molar-refractivity contribution in [3.63, 3.8) is 0 Å². The summed E-state index contributed by atoms with van der Waals surface area (Å²) in [6.45, 7) is 7.38. The highest BCUT2D eigenvalue weighted by Gasteiger charge is 2.16. The number of hydrogen-bond donors (Lipinski definition) is 2. The number of thiophene rings is 1. The van der Waals surface area contributed by atoms with E-state index in [1.165, 1.54) is 12.0 Å². The van der Waals surface area contributed by atoms with Gasteiger partial charge in [0.05, 0.1) is 13.1 Å². The maximum Gasteiger partial charge on any atom is 0.192 e. The molecule has 0 atom stereocenters. The van der Waals surface area contributed by atoms with E-state index in [1.54, 1.807) is 4.88 Å². The number of nitrogens with zero attached hydrogens (tertiary/aromatic N) is 2. The predicted octanol–water partition coefficient (Wildman–Crippen LogP) is 1.29. The molecule has 1 aliphatic rings. The Hall–Kier alpha value is -1.51. The first-order valence-corrected chi connectivity index (χ1v) is 7.94. The zero-order valence-electron chi connectivity index (χ0n) is 12.0. The Morgan fingerprint density at radius 1 is 1.55 bits per heavy atom. The van der Waals surface area contributed by atoms with Crippen molar-refractivity contribution >= 4 is 17.3 Å². The van der Waals surface area contributed by atoms with Gasteiger partial charge in [-0.2, -0.15) is 0 Å². The number of rotatable bonds is 5. The van der Waals surface area contributed by atoms with Gasteiger partial charge in [-0.05, 0) is 30.4 Å². The van der Waals surface area contributed by atoms with Gasteiger partial charge in [0, 0.05) is 31.1 Å². The van der Waals surface area contributed by atoms with E-state index >= 15 is 0 Å². The van der Waals surface area contributed by atoms with Crippen molar-refractivity contribution in [3.05, 3.63) is 21.9 Å². The van der Waals surface area contributed by atoms with Crippen LogP contribution >= 0.6 is 11.3 Å². The molecule has 0 aromatic carbocycles. The fraction of sp³-hybridized carbons (Fsp3) is 0.533. The van der Waals surface area contributed by atoms with Crippen molar-refractivity contribution in [1.82, 2.24) is 15.5 Å². The van der Waals surface area contributed by atoms with Gasteiger partial charge in [-0.15, -0.1) is 17.8 Å². The zero-order chi connectivity index (χ0) is 14.2. The highest BCUT2D eigenvalue weighted by atomic mass is 32.1. The van der Waals surface area contributed by atoms with E-state index in [9.17, 15) is 0 Å². The molecule has 0 fully saturated rings. The zero-order valence-corrected chi connectivity index (χ0v) is 12.8. The lowest BCUT2D eigenvalue weighted by atomic mass is 10.1. The minimum Gasteiger partial charge on any atom is -0.357 e. The second kappa shape index (κ2) is 7.93. The number of nitrogens with one attached hydrogen (secondary N) is 2. The molecule has 1 aromatic rings. The van der Waals surface area contributed by atoms with Crippen molar-refractivity contribution < 1.29 is 0 Å². The van der Waals surface area contributed by atoms with Crippen LogP contribution in [-0.4, -0.2) is 43.6 Å². The van der Waals surface area contributed by atoms with Crippen molar-refractivity contribution in [2.24, 2.45) is 4.99 Å². The van der Waals surface area contributed by atoms with Crippen LogP contribution in [0.15, 0.2) is 16.4 Å². The van der Waals surface area contributed by atoms with Crippen LogP contribution in [0.1, 0.15) is 17.4 Å². The molecule has 4 nitrogen and oxygen atoms in total. The van der Waals surface area contributed by atoms with Crippen LogP contribution in [0.4, 0.5) is 0 Å². The minimum absolute atomic E-state index is 0.508. The predicted molar refractivity (Wildman–Crippen MR) is 86.1 cm³/mol. The molecule has 2 heterocycles. The highest BCUT2D eigenvalue weighted by molar-refractivity contribution is 7.10. The molecule has 0 spiro atoms. The molecule has 5 heteroatoms. The van der Waals surface area contributed by atoms with Gasteiger partial charge in [0.1, 0.15) is 0 Å². The van der Waals surface area contributed by atoms with Crippen molar-refractivity contribution in [2.45, 2.75) is 19.9 Å². The maximum absolute atomic E-state index is 5.25. The normalized spacial score (nSPS) is 15.5. The summed E-state index contributed by atoms with van der Waals surface area (Å²) in [5, 5.41) is 8.49. The lowest BCUT2D eigenvalue weighted by Gasteiger charge is -2.26. The molecule has 108 valence electrons. The van der Waals surface area contributed by atoms with Gasteiger partial charge in [-0.25, -0.2) is 0 Å². The average molecular weight is 290 g/mol. The van der Waals surface area contributed by atoms with Crippen LogP contribution in [0, 0.1) is 12.3 Å². The number of hydrogen-bond acceptors (Lipinski definition) is 3. The van der Waals surface area contributed by atoms with E-state index in [2.05, 4.69) is 44.8 Å². The summed E-state index contributed by atoms with van der Waals surface area (Å²) in [5.74, 6) is 3.37. The second-order valence-corrected chi connectivity index (χ2v) is 5.71. The Morgan fingerprint density at radius 3 is 3.25 bits per heavy atom. The number of fused-ring (bicyclic) bond motifs is 1. The minimum atomic E-state index is 0.508. The third-order valence-corrected chi connectivity index (χ3v) is 4.30. The van der Waals surface area contributed by atoms with E-state index in [4.69, 9.17) is 6.42 Å². The standard InChI is InChI=1S/C15H22N4S/c1-3-7-17-15(16-4-2)18-8-10-19-9-5-14-13(12-19)6-11-20-14/h1,6,11H,4-5,7-10,12H2,2H3,(H2,16,17,18). The molecular weight excluding hydrogens is 268 g/mol. The average Bonchev–Trinajstić information content (AvgIpc) is 2.92. The maximum atomic E-state index is 5.25. The van der Waals surface area contributed by atoms with Crippen LogP contribution in [-0.2, 0) is 13.0 Å². The first-order chi connectivity index (χ1) is 9.83. The van der Waals surface area contributed by atoms with Gasteiger partial charge < -0.3 is 10.6 Å². The van der Waals surface area contributed by atoms with Crippen LogP contribution in [0.3, 0.4) is 0 Å². The van der Waals surface area contributed by atoms with Crippen molar-refractivity contribution in [1.29, 1.82) is 0 Å². The third kappa shape index (κ3) is 4.26. The van der Waals surface area contributed by atoms with E-state index in [0.29, 0.717) is 6.54 Å². The summed E-state index contributed by atoms with van der Waals surface area (Å²) >= 11 is 1.88. The Kier molecular flexibility index (Phi) is 5.90. The number of guanidine groups is 1. The molecule has 20 heavy (non-hydrogen) atoms. The van der Waals surface area contributed by atoms with Crippen molar-refractivity contribution in [3.8, 4) is 12.3 Å². The van der Waals surface area contributed by atoms with Crippen LogP contribution in [0.2, 0.25) is 0 Å². The highest BCUT2D eigenvalue weighted by Crippen LogP contribution is 2.23. The lowest BCUT2D eigenvalue weighted by Crippen LogP contribution is -2.38. The van der Waals surface area contributed by atoms with Gasteiger partial charge in [-0.1, -0.05) is 5.92 Å².